The zero-order chi connectivity index (χ0) is 22.2. The van der Waals surface area contributed by atoms with Crippen LogP contribution in [-0.4, -0.2) is 42.7 Å². The van der Waals surface area contributed by atoms with E-state index < -0.39 is 0 Å². The lowest BCUT2D eigenvalue weighted by molar-refractivity contribution is 0.185. The van der Waals surface area contributed by atoms with Crippen LogP contribution in [0.3, 0.4) is 0 Å². The lowest BCUT2D eigenvalue weighted by Crippen LogP contribution is -2.32. The number of aromatic nitrogens is 5. The molecule has 33 heavy (non-hydrogen) atoms. The Balaban J connectivity index is 1.25. The van der Waals surface area contributed by atoms with Crippen LogP contribution in [-0.2, 0) is 6.54 Å². The van der Waals surface area contributed by atoms with E-state index in [1.807, 2.05) is 35.0 Å². The number of likely N-dealkylation sites (tertiary alicyclic amines) is 1. The highest BCUT2D eigenvalue weighted by molar-refractivity contribution is 7.22. The third-order valence-corrected chi connectivity index (χ3v) is 7.26. The summed E-state index contributed by atoms with van der Waals surface area (Å²) in [6.07, 6.45) is 5.96. The Bertz CT molecular complexity index is 1400. The molecule has 0 atom stereocenters. The van der Waals surface area contributed by atoms with Gasteiger partial charge in [-0.25, -0.2) is 19.6 Å². The lowest BCUT2D eigenvalue weighted by atomic mass is 9.99. The lowest BCUT2D eigenvalue weighted by Gasteiger charge is -2.30. The first-order valence-electron chi connectivity index (χ1n) is 11.4. The number of nitrogens with one attached hydrogen (secondary N) is 1. The average molecular weight is 456 g/mol. The Morgan fingerprint density at radius 2 is 1.91 bits per heavy atom. The predicted octanol–water partition coefficient (Wildman–Crippen LogP) is 5.40. The van der Waals surface area contributed by atoms with Crippen molar-refractivity contribution >= 4 is 43.5 Å². The number of nitrogens with zero attached hydrogens (tertiary/aromatic N) is 6. The molecule has 0 aliphatic carbocycles. The Hall–Kier alpha value is -3.36. The fraction of sp³-hybridized carbons (Fsp3) is 0.280. The Morgan fingerprint density at radius 1 is 1.06 bits per heavy atom. The monoisotopic (exact) mass is 455 g/mol. The van der Waals surface area contributed by atoms with Crippen LogP contribution < -0.4 is 5.32 Å². The van der Waals surface area contributed by atoms with Crippen molar-refractivity contribution < 1.29 is 0 Å². The van der Waals surface area contributed by atoms with Gasteiger partial charge < -0.3 is 5.32 Å². The largest absolute Gasteiger partial charge is 0.315 e. The fourth-order valence-electron chi connectivity index (χ4n) is 4.40. The minimum atomic E-state index is 0.712. The van der Waals surface area contributed by atoms with Crippen LogP contribution >= 0.6 is 11.3 Å². The zero-order valence-corrected chi connectivity index (χ0v) is 19.3. The second kappa shape index (κ2) is 8.53. The summed E-state index contributed by atoms with van der Waals surface area (Å²) in [6, 6.07) is 16.6. The van der Waals surface area contributed by atoms with Crippen molar-refractivity contribution in [3.8, 4) is 5.69 Å². The van der Waals surface area contributed by atoms with Gasteiger partial charge in [-0.15, -0.1) is 0 Å². The van der Waals surface area contributed by atoms with Crippen molar-refractivity contribution in [1.29, 1.82) is 0 Å². The van der Waals surface area contributed by atoms with E-state index in [4.69, 9.17) is 4.98 Å². The van der Waals surface area contributed by atoms with Crippen molar-refractivity contribution in [1.82, 2.24) is 29.6 Å². The van der Waals surface area contributed by atoms with Crippen molar-refractivity contribution in [2.75, 3.05) is 18.4 Å². The molecule has 6 rings (SSSR count). The molecule has 0 radical (unpaired) electrons. The number of hydrogen-bond donors (Lipinski definition) is 1. The Morgan fingerprint density at radius 3 is 2.76 bits per heavy atom. The van der Waals surface area contributed by atoms with Gasteiger partial charge in [0.2, 0.25) is 0 Å². The normalized spacial score (nSPS) is 15.4. The number of fused-ring (bicyclic) bond motifs is 2. The highest BCUT2D eigenvalue weighted by Crippen LogP contribution is 2.31. The van der Waals surface area contributed by atoms with Gasteiger partial charge >= 0.3 is 0 Å². The van der Waals surface area contributed by atoms with Crippen molar-refractivity contribution in [3.05, 3.63) is 66.6 Å². The van der Waals surface area contributed by atoms with Crippen LogP contribution in [0.2, 0.25) is 0 Å². The van der Waals surface area contributed by atoms with Crippen LogP contribution in [0.5, 0.6) is 0 Å². The van der Waals surface area contributed by atoms with Gasteiger partial charge in [0.05, 0.1) is 27.5 Å². The molecule has 4 heterocycles. The molecule has 1 saturated heterocycles. The summed E-state index contributed by atoms with van der Waals surface area (Å²) >= 11 is 1.65. The van der Waals surface area contributed by atoms with E-state index in [1.54, 1.807) is 23.9 Å². The number of thiazole rings is 1. The van der Waals surface area contributed by atoms with Gasteiger partial charge in [-0.05, 0) is 61.7 Å². The molecule has 0 amide bonds. The van der Waals surface area contributed by atoms with Gasteiger partial charge in [0.1, 0.15) is 12.1 Å². The molecule has 0 saturated carbocycles. The third kappa shape index (κ3) is 4.07. The molecule has 1 N–H and O–H groups in total. The summed E-state index contributed by atoms with van der Waals surface area (Å²) in [5.41, 5.74) is 4.08. The maximum absolute atomic E-state index is 4.78. The molecule has 3 aromatic heterocycles. The summed E-state index contributed by atoms with van der Waals surface area (Å²) in [5, 5.41) is 9.62. The smallest absolute Gasteiger partial charge is 0.189 e. The van der Waals surface area contributed by atoms with Crippen LogP contribution in [0.15, 0.2) is 61.1 Å². The van der Waals surface area contributed by atoms with Crippen molar-refractivity contribution in [3.63, 3.8) is 0 Å². The van der Waals surface area contributed by atoms with Gasteiger partial charge in [-0.1, -0.05) is 42.5 Å². The maximum atomic E-state index is 4.78. The molecule has 1 aliphatic heterocycles. The number of para-hydroxylation sites is 1. The Labute approximate surface area is 196 Å². The summed E-state index contributed by atoms with van der Waals surface area (Å²) in [4.78, 5) is 16.3. The highest BCUT2D eigenvalue weighted by Gasteiger charge is 2.17. The summed E-state index contributed by atoms with van der Waals surface area (Å²) in [7, 11) is 0. The minimum absolute atomic E-state index is 0.712. The second-order valence-corrected chi connectivity index (χ2v) is 9.79. The van der Waals surface area contributed by atoms with E-state index in [1.165, 1.54) is 36.2 Å². The quantitative estimate of drug-likeness (QED) is 0.383. The first-order valence-corrected chi connectivity index (χ1v) is 12.2. The van der Waals surface area contributed by atoms with Gasteiger partial charge in [0.25, 0.3) is 0 Å². The van der Waals surface area contributed by atoms with Gasteiger partial charge in [-0.2, -0.15) is 5.10 Å². The number of piperidine rings is 1. The van der Waals surface area contributed by atoms with Gasteiger partial charge in [0, 0.05) is 6.54 Å². The van der Waals surface area contributed by atoms with E-state index in [0.717, 1.165) is 39.8 Å². The molecule has 7 nitrogen and oxygen atoms in total. The van der Waals surface area contributed by atoms with Crippen molar-refractivity contribution in [2.24, 2.45) is 5.92 Å². The molecule has 0 spiro atoms. The SMILES string of the molecule is CC1CCN(Cc2ccc3nc(Nc4ncnc5c4cnn5-c4ccccc4)sc3c2)CC1. The molecule has 8 heteroatoms. The number of anilines is 2. The van der Waals surface area contributed by atoms with E-state index >= 15 is 0 Å². The number of hydrogen-bond acceptors (Lipinski definition) is 7. The number of benzene rings is 2. The summed E-state index contributed by atoms with van der Waals surface area (Å²) in [5.74, 6) is 1.57. The maximum Gasteiger partial charge on any atom is 0.189 e. The van der Waals surface area contributed by atoms with Crippen LogP contribution in [0.25, 0.3) is 26.9 Å². The van der Waals surface area contributed by atoms with E-state index in [9.17, 15) is 0 Å². The minimum Gasteiger partial charge on any atom is -0.315 e. The molecule has 1 fully saturated rings. The first-order chi connectivity index (χ1) is 16.2. The standard InChI is InChI=1S/C25H25N7S/c1-17-9-11-31(12-10-17)15-18-7-8-21-22(13-18)33-25(29-21)30-23-20-14-28-32(24(20)27-16-26-23)19-5-3-2-4-6-19/h2-8,13-14,16-17H,9-12,15H2,1H3,(H,26,27,29,30). The predicted molar refractivity (Wildman–Crippen MR) is 133 cm³/mol. The highest BCUT2D eigenvalue weighted by atomic mass is 32.1. The van der Waals surface area contributed by atoms with Gasteiger partial charge in [0.15, 0.2) is 10.8 Å². The number of rotatable bonds is 5. The summed E-state index contributed by atoms with van der Waals surface area (Å²) in [6.45, 7) is 5.74. The molecule has 1 aliphatic rings. The zero-order valence-electron chi connectivity index (χ0n) is 18.5. The van der Waals surface area contributed by atoms with E-state index in [2.05, 4.69) is 50.4 Å². The first kappa shape index (κ1) is 20.3. The molecule has 5 aromatic rings. The third-order valence-electron chi connectivity index (χ3n) is 6.33. The molecular weight excluding hydrogens is 430 g/mol. The average Bonchev–Trinajstić information content (AvgIpc) is 3.45. The van der Waals surface area contributed by atoms with Crippen LogP contribution in [0.1, 0.15) is 25.3 Å². The summed E-state index contributed by atoms with van der Waals surface area (Å²) < 4.78 is 3.01. The van der Waals surface area contributed by atoms with E-state index in [0.29, 0.717) is 5.82 Å². The molecule has 2 aromatic carbocycles. The molecule has 166 valence electrons. The molecule has 0 unspecified atom stereocenters. The second-order valence-electron chi connectivity index (χ2n) is 8.76. The molecular formula is C25H25N7S. The fourth-order valence-corrected chi connectivity index (χ4v) is 5.33. The van der Waals surface area contributed by atoms with Gasteiger partial charge in [-0.3, -0.25) is 4.90 Å². The van der Waals surface area contributed by atoms with Crippen molar-refractivity contribution in [2.45, 2.75) is 26.3 Å². The Kier molecular flexibility index (Phi) is 5.24. The van der Waals surface area contributed by atoms with E-state index in [-0.39, 0.29) is 0 Å². The van der Waals surface area contributed by atoms with Crippen LogP contribution in [0.4, 0.5) is 10.9 Å². The van der Waals surface area contributed by atoms with Crippen LogP contribution in [0, 0.1) is 5.92 Å². The molecule has 0 bridgehead atoms. The topological polar surface area (TPSA) is 71.8 Å².